The van der Waals surface area contributed by atoms with Crippen LogP contribution in [0.5, 0.6) is 0 Å². The van der Waals surface area contributed by atoms with Crippen molar-refractivity contribution in [1.82, 2.24) is 14.9 Å². The summed E-state index contributed by atoms with van der Waals surface area (Å²) in [6, 6.07) is 7.52. The second-order valence-corrected chi connectivity index (χ2v) is 6.74. The third-order valence-electron chi connectivity index (χ3n) is 4.26. The fraction of sp³-hybridized carbons (Fsp3) is 0.167. The SMILES string of the molecule is O=C(NCc1cccnc1)c1cn2c3c(cc(Br)cc3c1=O)CC2. The number of nitrogens with one attached hydrogen (secondary N) is 1. The molecule has 24 heavy (non-hydrogen) atoms. The van der Waals surface area contributed by atoms with Crippen LogP contribution in [0.1, 0.15) is 21.5 Å². The lowest BCUT2D eigenvalue weighted by Gasteiger charge is -2.09. The van der Waals surface area contributed by atoms with E-state index in [-0.39, 0.29) is 16.9 Å². The number of carbonyl (C=O) groups is 1. The number of amides is 1. The average molecular weight is 384 g/mol. The Labute approximate surface area is 146 Å². The van der Waals surface area contributed by atoms with E-state index >= 15 is 0 Å². The Morgan fingerprint density at radius 3 is 3.04 bits per heavy atom. The number of aryl methyl sites for hydroxylation is 2. The first-order valence-corrected chi connectivity index (χ1v) is 8.45. The van der Waals surface area contributed by atoms with Crippen LogP contribution in [0.25, 0.3) is 10.9 Å². The Morgan fingerprint density at radius 1 is 1.38 bits per heavy atom. The first-order chi connectivity index (χ1) is 11.6. The molecule has 0 saturated heterocycles. The Balaban J connectivity index is 1.72. The van der Waals surface area contributed by atoms with Crippen molar-refractivity contribution < 1.29 is 4.79 Å². The molecule has 2 aromatic heterocycles. The smallest absolute Gasteiger partial charge is 0.257 e. The van der Waals surface area contributed by atoms with E-state index in [1.54, 1.807) is 24.7 Å². The summed E-state index contributed by atoms with van der Waals surface area (Å²) in [4.78, 5) is 29.3. The molecule has 1 aliphatic heterocycles. The van der Waals surface area contributed by atoms with E-state index in [2.05, 4.69) is 26.2 Å². The molecule has 0 fully saturated rings. The van der Waals surface area contributed by atoms with E-state index < -0.39 is 0 Å². The van der Waals surface area contributed by atoms with Crippen molar-refractivity contribution >= 4 is 32.7 Å². The van der Waals surface area contributed by atoms with E-state index in [4.69, 9.17) is 0 Å². The molecular formula is C18H14BrN3O2. The van der Waals surface area contributed by atoms with Crippen molar-refractivity contribution in [1.29, 1.82) is 0 Å². The largest absolute Gasteiger partial charge is 0.348 e. The predicted molar refractivity (Wildman–Crippen MR) is 95.0 cm³/mol. The molecule has 0 unspecified atom stereocenters. The van der Waals surface area contributed by atoms with E-state index in [1.165, 1.54) is 0 Å². The van der Waals surface area contributed by atoms with Gasteiger partial charge in [-0.2, -0.15) is 0 Å². The highest BCUT2D eigenvalue weighted by Crippen LogP contribution is 2.28. The lowest BCUT2D eigenvalue weighted by Crippen LogP contribution is -2.29. The molecule has 1 aromatic carbocycles. The fourth-order valence-corrected chi connectivity index (χ4v) is 3.65. The lowest BCUT2D eigenvalue weighted by atomic mass is 10.1. The average Bonchev–Trinajstić information content (AvgIpc) is 2.99. The summed E-state index contributed by atoms with van der Waals surface area (Å²) in [5, 5.41) is 3.39. The zero-order valence-corrected chi connectivity index (χ0v) is 14.3. The van der Waals surface area contributed by atoms with E-state index in [9.17, 15) is 9.59 Å². The maximum atomic E-state index is 12.8. The van der Waals surface area contributed by atoms with Crippen molar-refractivity contribution in [3.63, 3.8) is 0 Å². The number of carbonyl (C=O) groups excluding carboxylic acids is 1. The first kappa shape index (κ1) is 15.1. The number of hydrogen-bond donors (Lipinski definition) is 1. The van der Waals surface area contributed by atoms with Crippen LogP contribution in [0.15, 0.2) is 52.1 Å². The number of nitrogens with zero attached hydrogens (tertiary/aromatic N) is 2. The van der Waals surface area contributed by atoms with Gasteiger partial charge >= 0.3 is 0 Å². The highest BCUT2D eigenvalue weighted by molar-refractivity contribution is 9.10. The van der Waals surface area contributed by atoms with Gasteiger partial charge in [0.2, 0.25) is 5.43 Å². The van der Waals surface area contributed by atoms with Crippen molar-refractivity contribution in [2.75, 3.05) is 0 Å². The van der Waals surface area contributed by atoms with Crippen molar-refractivity contribution in [3.05, 3.63) is 74.2 Å². The van der Waals surface area contributed by atoms with Crippen LogP contribution in [0.3, 0.4) is 0 Å². The molecule has 1 aliphatic rings. The van der Waals surface area contributed by atoms with Gasteiger partial charge in [0.1, 0.15) is 5.56 Å². The standard InChI is InChI=1S/C18H14BrN3O2/c19-13-6-12-3-5-22-10-15(17(23)14(7-13)16(12)22)18(24)21-9-11-2-1-4-20-8-11/h1-2,4,6-8,10H,3,5,9H2,(H,21,24). The molecule has 0 atom stereocenters. The van der Waals surface area contributed by atoms with Gasteiger partial charge in [0.25, 0.3) is 5.91 Å². The van der Waals surface area contributed by atoms with E-state index in [0.29, 0.717) is 11.9 Å². The van der Waals surface area contributed by atoms with Gasteiger partial charge in [0.15, 0.2) is 0 Å². The van der Waals surface area contributed by atoms with Gasteiger partial charge < -0.3 is 9.88 Å². The minimum Gasteiger partial charge on any atom is -0.348 e. The van der Waals surface area contributed by atoms with Gasteiger partial charge in [0.05, 0.1) is 5.52 Å². The second-order valence-electron chi connectivity index (χ2n) is 5.82. The van der Waals surface area contributed by atoms with Gasteiger partial charge in [-0.05, 0) is 35.7 Å². The van der Waals surface area contributed by atoms with Crippen LogP contribution in [0, 0.1) is 0 Å². The fourth-order valence-electron chi connectivity index (χ4n) is 3.14. The van der Waals surface area contributed by atoms with Crippen LogP contribution in [0.4, 0.5) is 0 Å². The van der Waals surface area contributed by atoms with Crippen molar-refractivity contribution in [2.24, 2.45) is 0 Å². The molecule has 0 saturated carbocycles. The molecule has 3 heterocycles. The summed E-state index contributed by atoms with van der Waals surface area (Å²) in [5.74, 6) is -0.358. The molecule has 4 rings (SSSR count). The summed E-state index contributed by atoms with van der Waals surface area (Å²) in [6.07, 6.45) is 5.92. The first-order valence-electron chi connectivity index (χ1n) is 7.66. The number of halogens is 1. The van der Waals surface area contributed by atoms with Crippen molar-refractivity contribution in [2.45, 2.75) is 19.5 Å². The summed E-state index contributed by atoms with van der Waals surface area (Å²) in [7, 11) is 0. The van der Waals surface area contributed by atoms with Gasteiger partial charge in [-0.3, -0.25) is 14.6 Å². The van der Waals surface area contributed by atoms with Crippen LogP contribution in [-0.2, 0) is 19.5 Å². The predicted octanol–water partition coefficient (Wildman–Crippen LogP) is 2.65. The number of aromatic nitrogens is 2. The highest BCUT2D eigenvalue weighted by atomic mass is 79.9. The molecule has 5 nitrogen and oxygen atoms in total. The van der Waals surface area contributed by atoms with Crippen LogP contribution in [-0.4, -0.2) is 15.5 Å². The van der Waals surface area contributed by atoms with Gasteiger partial charge in [-0.15, -0.1) is 0 Å². The molecular weight excluding hydrogens is 370 g/mol. The van der Waals surface area contributed by atoms with Crippen molar-refractivity contribution in [3.8, 4) is 0 Å². The monoisotopic (exact) mass is 383 g/mol. The second kappa shape index (κ2) is 5.87. The maximum Gasteiger partial charge on any atom is 0.257 e. The van der Waals surface area contributed by atoms with Gasteiger partial charge in [0, 0.05) is 41.5 Å². The Kier molecular flexibility index (Phi) is 3.69. The topological polar surface area (TPSA) is 64.0 Å². The summed E-state index contributed by atoms with van der Waals surface area (Å²) in [6.45, 7) is 1.12. The quantitative estimate of drug-likeness (QED) is 0.755. The minimum atomic E-state index is -0.358. The molecule has 1 amide bonds. The number of hydrogen-bond acceptors (Lipinski definition) is 3. The molecule has 1 N–H and O–H groups in total. The van der Waals surface area contributed by atoms with Crippen LogP contribution in [0.2, 0.25) is 0 Å². The third kappa shape index (κ3) is 2.53. The summed E-state index contributed by atoms with van der Waals surface area (Å²) in [5.41, 5.74) is 2.92. The molecule has 0 aliphatic carbocycles. The molecule has 0 bridgehead atoms. The van der Waals surface area contributed by atoms with E-state index in [0.717, 1.165) is 34.1 Å². The van der Waals surface area contributed by atoms with E-state index in [1.807, 2.05) is 22.8 Å². The van der Waals surface area contributed by atoms with Crippen LogP contribution >= 0.6 is 15.9 Å². The highest BCUT2D eigenvalue weighted by Gasteiger charge is 2.21. The zero-order valence-electron chi connectivity index (χ0n) is 12.8. The molecule has 6 heteroatoms. The zero-order chi connectivity index (χ0) is 16.7. The summed E-state index contributed by atoms with van der Waals surface area (Å²) >= 11 is 3.45. The minimum absolute atomic E-state index is 0.178. The number of rotatable bonds is 3. The maximum absolute atomic E-state index is 12.8. The molecule has 3 aromatic rings. The van der Waals surface area contributed by atoms with Crippen LogP contribution < -0.4 is 10.7 Å². The van der Waals surface area contributed by atoms with Gasteiger partial charge in [-0.25, -0.2) is 0 Å². The lowest BCUT2D eigenvalue weighted by molar-refractivity contribution is 0.0949. The normalized spacial score (nSPS) is 12.5. The third-order valence-corrected chi connectivity index (χ3v) is 4.72. The Morgan fingerprint density at radius 2 is 2.25 bits per heavy atom. The Bertz CT molecular complexity index is 1010. The van der Waals surface area contributed by atoms with Gasteiger partial charge in [-0.1, -0.05) is 22.0 Å². The molecule has 120 valence electrons. The number of pyridine rings is 2. The summed E-state index contributed by atoms with van der Waals surface area (Å²) < 4.78 is 2.86. The molecule has 0 spiro atoms. The molecule has 0 radical (unpaired) electrons. The Hall–Kier alpha value is -2.47. The number of benzene rings is 1.